The Labute approximate surface area is 120 Å². The third kappa shape index (κ3) is 3.02. The fourth-order valence-corrected chi connectivity index (χ4v) is 2.78. The summed E-state index contributed by atoms with van der Waals surface area (Å²) >= 11 is 0. The molecule has 1 unspecified atom stereocenters. The number of hydrogen-bond acceptors (Lipinski definition) is 3. The number of likely N-dealkylation sites (N-methyl/N-ethyl adjacent to an activating group) is 2. The van der Waals surface area contributed by atoms with Crippen LogP contribution in [0.4, 0.5) is 0 Å². The van der Waals surface area contributed by atoms with E-state index in [0.717, 1.165) is 12.1 Å². The van der Waals surface area contributed by atoms with Crippen LogP contribution in [0.2, 0.25) is 0 Å². The summed E-state index contributed by atoms with van der Waals surface area (Å²) in [5.41, 5.74) is -0.192. The minimum absolute atomic E-state index is 0.515. The molecule has 0 heterocycles. The van der Waals surface area contributed by atoms with E-state index in [9.17, 15) is 9.90 Å². The van der Waals surface area contributed by atoms with Crippen LogP contribution in [0.5, 0.6) is 0 Å². The van der Waals surface area contributed by atoms with Crippen LogP contribution in [0.25, 0.3) is 0 Å². The van der Waals surface area contributed by atoms with Gasteiger partial charge in [0.1, 0.15) is 0 Å². The smallest absolute Gasteiger partial charge is 0.329 e. The van der Waals surface area contributed by atoms with Gasteiger partial charge in [-0.2, -0.15) is 0 Å². The standard InChI is InChI=1S/C16H24N2O2/c1-3-17-16(15(19)20,13-8-6-5-7-9-13)12-18(4-2)14-10-11-14/h5-9,14,17H,3-4,10-12H2,1-2H3,(H,19,20). The van der Waals surface area contributed by atoms with E-state index in [1.54, 1.807) is 0 Å². The van der Waals surface area contributed by atoms with Gasteiger partial charge in [0, 0.05) is 12.6 Å². The Morgan fingerprint density at radius 1 is 1.35 bits per heavy atom. The second-order valence-corrected chi connectivity index (χ2v) is 5.40. The summed E-state index contributed by atoms with van der Waals surface area (Å²) in [6.45, 7) is 6.08. The van der Waals surface area contributed by atoms with Crippen molar-refractivity contribution in [3.8, 4) is 0 Å². The lowest BCUT2D eigenvalue weighted by atomic mass is 9.89. The quantitative estimate of drug-likeness (QED) is 0.763. The number of aliphatic carboxylic acids is 1. The molecular formula is C16H24N2O2. The fourth-order valence-electron chi connectivity index (χ4n) is 2.78. The van der Waals surface area contributed by atoms with Gasteiger partial charge in [-0.25, -0.2) is 4.79 Å². The first-order chi connectivity index (χ1) is 9.64. The Kier molecular flexibility index (Phi) is 4.78. The third-order valence-corrected chi connectivity index (χ3v) is 4.02. The normalized spacial score (nSPS) is 17.9. The number of rotatable bonds is 8. The molecule has 0 amide bonds. The molecule has 1 aliphatic carbocycles. The minimum Gasteiger partial charge on any atom is -0.480 e. The minimum atomic E-state index is -1.02. The van der Waals surface area contributed by atoms with Crippen molar-refractivity contribution in [2.75, 3.05) is 19.6 Å². The summed E-state index contributed by atoms with van der Waals surface area (Å²) in [5, 5.41) is 13.1. The predicted octanol–water partition coefficient (Wildman–Crippen LogP) is 2.06. The van der Waals surface area contributed by atoms with E-state index in [2.05, 4.69) is 17.1 Å². The molecule has 1 fully saturated rings. The topological polar surface area (TPSA) is 52.6 Å². The van der Waals surface area contributed by atoms with Gasteiger partial charge in [-0.3, -0.25) is 10.2 Å². The Morgan fingerprint density at radius 2 is 2.00 bits per heavy atom. The highest BCUT2D eigenvalue weighted by Gasteiger charge is 2.43. The van der Waals surface area contributed by atoms with E-state index in [0.29, 0.717) is 19.1 Å². The van der Waals surface area contributed by atoms with Gasteiger partial charge in [0.05, 0.1) is 0 Å². The van der Waals surface area contributed by atoms with Crippen LogP contribution in [0.1, 0.15) is 32.3 Å². The van der Waals surface area contributed by atoms with Crippen LogP contribution in [0, 0.1) is 0 Å². The van der Waals surface area contributed by atoms with E-state index in [1.165, 1.54) is 12.8 Å². The molecule has 1 aromatic rings. The van der Waals surface area contributed by atoms with Gasteiger partial charge < -0.3 is 5.11 Å². The molecule has 20 heavy (non-hydrogen) atoms. The first-order valence-corrected chi connectivity index (χ1v) is 7.42. The first-order valence-electron chi connectivity index (χ1n) is 7.42. The summed E-state index contributed by atoms with van der Waals surface area (Å²) in [5.74, 6) is -0.801. The lowest BCUT2D eigenvalue weighted by molar-refractivity contribution is -0.146. The Balaban J connectivity index is 2.33. The van der Waals surface area contributed by atoms with Crippen LogP contribution in [0.15, 0.2) is 30.3 Å². The molecule has 0 saturated heterocycles. The molecule has 0 bridgehead atoms. The average Bonchev–Trinajstić information content (AvgIpc) is 3.28. The molecule has 0 aromatic heterocycles. The van der Waals surface area contributed by atoms with Crippen molar-refractivity contribution in [3.05, 3.63) is 35.9 Å². The molecule has 1 aliphatic rings. The summed E-state index contributed by atoms with van der Waals surface area (Å²) in [7, 11) is 0. The van der Waals surface area contributed by atoms with Gasteiger partial charge in [0.15, 0.2) is 5.54 Å². The largest absolute Gasteiger partial charge is 0.480 e. The zero-order chi connectivity index (χ0) is 14.6. The number of carbonyl (C=O) groups is 1. The number of nitrogens with zero attached hydrogens (tertiary/aromatic N) is 1. The average molecular weight is 276 g/mol. The van der Waals surface area contributed by atoms with Gasteiger partial charge in [0.25, 0.3) is 0 Å². The molecular weight excluding hydrogens is 252 g/mol. The molecule has 4 heteroatoms. The van der Waals surface area contributed by atoms with Crippen molar-refractivity contribution < 1.29 is 9.90 Å². The summed E-state index contributed by atoms with van der Waals surface area (Å²) in [4.78, 5) is 14.3. The molecule has 2 N–H and O–H groups in total. The molecule has 2 rings (SSSR count). The highest BCUT2D eigenvalue weighted by molar-refractivity contribution is 5.81. The lowest BCUT2D eigenvalue weighted by Crippen LogP contribution is -2.56. The maximum atomic E-state index is 12.0. The number of carboxylic acid groups (broad SMARTS) is 1. The van der Waals surface area contributed by atoms with Crippen molar-refractivity contribution in [2.24, 2.45) is 0 Å². The second-order valence-electron chi connectivity index (χ2n) is 5.40. The van der Waals surface area contributed by atoms with Crippen LogP contribution >= 0.6 is 0 Å². The van der Waals surface area contributed by atoms with E-state index >= 15 is 0 Å². The van der Waals surface area contributed by atoms with Gasteiger partial charge in [0.2, 0.25) is 0 Å². The Bertz CT molecular complexity index is 445. The molecule has 0 spiro atoms. The summed E-state index contributed by atoms with van der Waals surface area (Å²) in [6.07, 6.45) is 2.37. The second kappa shape index (κ2) is 6.37. The van der Waals surface area contributed by atoms with Crippen molar-refractivity contribution in [3.63, 3.8) is 0 Å². The van der Waals surface area contributed by atoms with Gasteiger partial charge >= 0.3 is 5.97 Å². The maximum absolute atomic E-state index is 12.0. The molecule has 1 aromatic carbocycles. The third-order valence-electron chi connectivity index (χ3n) is 4.02. The van der Waals surface area contributed by atoms with Crippen LogP contribution < -0.4 is 5.32 Å². The highest BCUT2D eigenvalue weighted by atomic mass is 16.4. The lowest BCUT2D eigenvalue weighted by Gasteiger charge is -2.36. The van der Waals surface area contributed by atoms with Gasteiger partial charge in [-0.05, 0) is 31.5 Å². The monoisotopic (exact) mass is 276 g/mol. The Morgan fingerprint density at radius 3 is 2.45 bits per heavy atom. The highest BCUT2D eigenvalue weighted by Crippen LogP contribution is 2.31. The van der Waals surface area contributed by atoms with Crippen molar-refractivity contribution >= 4 is 5.97 Å². The fraction of sp³-hybridized carbons (Fsp3) is 0.562. The van der Waals surface area contributed by atoms with Gasteiger partial charge in [-0.15, -0.1) is 0 Å². The summed E-state index contributed by atoms with van der Waals surface area (Å²) in [6, 6.07) is 10.1. The van der Waals surface area contributed by atoms with E-state index in [4.69, 9.17) is 0 Å². The van der Waals surface area contributed by atoms with Crippen molar-refractivity contribution in [1.29, 1.82) is 0 Å². The van der Waals surface area contributed by atoms with E-state index in [-0.39, 0.29) is 0 Å². The molecule has 0 radical (unpaired) electrons. The zero-order valence-electron chi connectivity index (χ0n) is 12.3. The van der Waals surface area contributed by atoms with Crippen molar-refractivity contribution in [2.45, 2.75) is 38.3 Å². The number of nitrogens with one attached hydrogen (secondary N) is 1. The Hall–Kier alpha value is -1.39. The van der Waals surface area contributed by atoms with E-state index < -0.39 is 11.5 Å². The molecule has 0 aliphatic heterocycles. The SMILES string of the molecule is CCNC(CN(CC)C1CC1)(C(=O)O)c1ccccc1. The summed E-state index contributed by atoms with van der Waals surface area (Å²) < 4.78 is 0. The van der Waals surface area contributed by atoms with Crippen LogP contribution in [0.3, 0.4) is 0 Å². The molecule has 110 valence electrons. The first kappa shape index (κ1) is 15.0. The van der Waals surface area contributed by atoms with Crippen LogP contribution in [-0.4, -0.2) is 41.7 Å². The molecule has 1 atom stereocenters. The van der Waals surface area contributed by atoms with Crippen molar-refractivity contribution in [1.82, 2.24) is 10.2 Å². The predicted molar refractivity (Wildman–Crippen MR) is 79.7 cm³/mol. The van der Waals surface area contributed by atoms with E-state index in [1.807, 2.05) is 37.3 Å². The molecule has 4 nitrogen and oxygen atoms in total. The number of hydrogen-bond donors (Lipinski definition) is 2. The number of benzene rings is 1. The molecule has 1 saturated carbocycles. The zero-order valence-corrected chi connectivity index (χ0v) is 12.3. The van der Waals surface area contributed by atoms with Crippen LogP contribution in [-0.2, 0) is 10.3 Å². The number of carboxylic acids is 1. The van der Waals surface area contributed by atoms with Gasteiger partial charge in [-0.1, -0.05) is 44.2 Å². The maximum Gasteiger partial charge on any atom is 0.329 e.